The van der Waals surface area contributed by atoms with Gasteiger partial charge >= 0.3 is 8.03 Å². The molecule has 0 fully saturated rings. The molecule has 0 aromatic rings. The summed E-state index contributed by atoms with van der Waals surface area (Å²) in [5, 5.41) is 0. The standard InChI is InChI=1S/C4H9ClO2P/c1-2-8(6)7-4-3-5/h2-4H2,1H3/q+1. The van der Waals surface area contributed by atoms with Gasteiger partial charge in [-0.2, -0.15) is 0 Å². The highest BCUT2D eigenvalue weighted by Crippen LogP contribution is 2.19. The van der Waals surface area contributed by atoms with Gasteiger partial charge in [0.25, 0.3) is 0 Å². The average molecular weight is 156 g/mol. The van der Waals surface area contributed by atoms with Gasteiger partial charge in [0.15, 0.2) is 6.16 Å². The molecule has 0 saturated carbocycles. The lowest BCUT2D eigenvalue weighted by Crippen LogP contribution is -1.86. The molecule has 0 bridgehead atoms. The third-order valence-corrected chi connectivity index (χ3v) is 1.71. The minimum atomic E-state index is -1.42. The molecule has 0 rings (SSSR count). The molecular weight excluding hydrogens is 146 g/mol. The van der Waals surface area contributed by atoms with Crippen molar-refractivity contribution in [3.63, 3.8) is 0 Å². The minimum absolute atomic E-state index is 0.393. The topological polar surface area (TPSA) is 26.3 Å². The zero-order valence-corrected chi connectivity index (χ0v) is 6.41. The highest BCUT2D eigenvalue weighted by Gasteiger charge is 2.10. The Hall–Kier alpha value is 0.350. The first-order valence-electron chi connectivity index (χ1n) is 2.44. The zero-order valence-electron chi connectivity index (χ0n) is 4.76. The van der Waals surface area contributed by atoms with Gasteiger partial charge < -0.3 is 0 Å². The Morgan fingerprint density at radius 2 is 2.38 bits per heavy atom. The predicted octanol–water partition coefficient (Wildman–Crippen LogP) is 2.00. The molecule has 0 aromatic carbocycles. The minimum Gasteiger partial charge on any atom is -0.145 e. The van der Waals surface area contributed by atoms with Crippen LogP contribution in [0.2, 0.25) is 0 Å². The molecule has 0 heterocycles. The van der Waals surface area contributed by atoms with E-state index in [1.807, 2.05) is 6.92 Å². The second-order valence-corrected chi connectivity index (χ2v) is 3.11. The summed E-state index contributed by atoms with van der Waals surface area (Å²) < 4.78 is 15.2. The van der Waals surface area contributed by atoms with Crippen LogP contribution >= 0.6 is 19.6 Å². The van der Waals surface area contributed by atoms with E-state index >= 15 is 0 Å². The van der Waals surface area contributed by atoms with E-state index in [-0.39, 0.29) is 0 Å². The summed E-state index contributed by atoms with van der Waals surface area (Å²) in [7, 11) is -1.42. The second-order valence-electron chi connectivity index (χ2n) is 1.17. The van der Waals surface area contributed by atoms with Gasteiger partial charge in [0, 0.05) is 0 Å². The summed E-state index contributed by atoms with van der Waals surface area (Å²) in [5.41, 5.74) is 0. The van der Waals surface area contributed by atoms with Crippen molar-refractivity contribution < 1.29 is 9.09 Å². The first-order chi connectivity index (χ1) is 3.81. The average Bonchev–Trinajstić information content (AvgIpc) is 1.83. The second kappa shape index (κ2) is 5.49. The Kier molecular flexibility index (Phi) is 5.73. The van der Waals surface area contributed by atoms with Gasteiger partial charge in [-0.25, -0.2) is 0 Å². The summed E-state index contributed by atoms with van der Waals surface area (Å²) in [6, 6.07) is 0. The molecule has 2 nitrogen and oxygen atoms in total. The molecule has 0 radical (unpaired) electrons. The summed E-state index contributed by atoms with van der Waals surface area (Å²) in [5.74, 6) is 0.418. The molecule has 0 aliphatic carbocycles. The van der Waals surface area contributed by atoms with Gasteiger partial charge in [0.1, 0.15) is 6.61 Å². The molecule has 0 aromatic heterocycles. The largest absolute Gasteiger partial charge is 0.507 e. The summed E-state index contributed by atoms with van der Waals surface area (Å²) in [6.45, 7) is 2.21. The molecule has 0 amide bonds. The Morgan fingerprint density at radius 3 is 2.75 bits per heavy atom. The maximum atomic E-state index is 10.4. The Balaban J connectivity index is 2.99. The quantitative estimate of drug-likeness (QED) is 0.459. The van der Waals surface area contributed by atoms with Crippen LogP contribution in [0.4, 0.5) is 0 Å². The van der Waals surface area contributed by atoms with Gasteiger partial charge in [-0.1, -0.05) is 0 Å². The van der Waals surface area contributed by atoms with Crippen LogP contribution < -0.4 is 0 Å². The fourth-order valence-corrected chi connectivity index (χ4v) is 0.890. The van der Waals surface area contributed by atoms with Crippen LogP contribution in [0.3, 0.4) is 0 Å². The van der Waals surface area contributed by atoms with Crippen molar-refractivity contribution in [2.75, 3.05) is 18.6 Å². The third-order valence-electron chi connectivity index (χ3n) is 0.571. The van der Waals surface area contributed by atoms with E-state index in [4.69, 9.17) is 16.1 Å². The molecular formula is C4H9ClO2P+. The van der Waals surface area contributed by atoms with E-state index in [0.29, 0.717) is 18.6 Å². The van der Waals surface area contributed by atoms with Gasteiger partial charge in [-0.15, -0.1) is 16.1 Å². The van der Waals surface area contributed by atoms with Crippen molar-refractivity contribution in [2.24, 2.45) is 0 Å². The highest BCUT2D eigenvalue weighted by molar-refractivity contribution is 7.39. The summed E-state index contributed by atoms with van der Waals surface area (Å²) >= 11 is 5.25. The van der Waals surface area contributed by atoms with E-state index in [1.54, 1.807) is 0 Å². The normalized spacial score (nSPS) is 11.5. The number of alkyl halides is 1. The number of halogens is 1. The molecule has 0 N–H and O–H groups in total. The molecule has 48 valence electrons. The van der Waals surface area contributed by atoms with Crippen LogP contribution in [0.25, 0.3) is 0 Å². The van der Waals surface area contributed by atoms with Gasteiger partial charge in [-0.3, -0.25) is 0 Å². The molecule has 0 saturated heterocycles. The number of hydrogen-bond donors (Lipinski definition) is 0. The smallest absolute Gasteiger partial charge is 0.145 e. The lowest BCUT2D eigenvalue weighted by molar-refractivity contribution is 0.353. The van der Waals surface area contributed by atoms with Gasteiger partial charge in [0.05, 0.1) is 5.88 Å². The lowest BCUT2D eigenvalue weighted by Gasteiger charge is -1.80. The van der Waals surface area contributed by atoms with E-state index in [0.717, 1.165) is 0 Å². The number of hydrogen-bond acceptors (Lipinski definition) is 2. The van der Waals surface area contributed by atoms with Crippen LogP contribution in [0.1, 0.15) is 6.92 Å². The first kappa shape index (κ1) is 8.35. The van der Waals surface area contributed by atoms with Crippen molar-refractivity contribution in [3.05, 3.63) is 0 Å². The van der Waals surface area contributed by atoms with Crippen LogP contribution in [0.15, 0.2) is 0 Å². The summed E-state index contributed by atoms with van der Waals surface area (Å²) in [6.07, 6.45) is 0.576. The monoisotopic (exact) mass is 155 g/mol. The zero-order chi connectivity index (χ0) is 6.41. The van der Waals surface area contributed by atoms with Gasteiger partial charge in [0.2, 0.25) is 0 Å². The van der Waals surface area contributed by atoms with Crippen molar-refractivity contribution in [2.45, 2.75) is 6.92 Å². The fourth-order valence-electron chi connectivity index (χ4n) is 0.228. The maximum Gasteiger partial charge on any atom is 0.507 e. The Labute approximate surface area is 55.0 Å². The molecule has 4 heteroatoms. The van der Waals surface area contributed by atoms with E-state index in [2.05, 4.69) is 0 Å². The Morgan fingerprint density at radius 1 is 1.75 bits per heavy atom. The van der Waals surface area contributed by atoms with Crippen LogP contribution in [0, 0.1) is 0 Å². The molecule has 1 atom stereocenters. The predicted molar refractivity (Wildman–Crippen MR) is 34.8 cm³/mol. The summed E-state index contributed by atoms with van der Waals surface area (Å²) in [4.78, 5) is 0. The SMILES string of the molecule is CC[P+](=O)OCCCl. The molecule has 0 aliphatic rings. The van der Waals surface area contributed by atoms with Crippen molar-refractivity contribution in [1.82, 2.24) is 0 Å². The molecule has 0 spiro atoms. The highest BCUT2D eigenvalue weighted by atomic mass is 35.5. The van der Waals surface area contributed by atoms with Crippen LogP contribution in [-0.4, -0.2) is 18.6 Å². The van der Waals surface area contributed by atoms with Crippen molar-refractivity contribution >= 4 is 19.6 Å². The molecule has 8 heavy (non-hydrogen) atoms. The van der Waals surface area contributed by atoms with Crippen LogP contribution in [-0.2, 0) is 9.09 Å². The van der Waals surface area contributed by atoms with Gasteiger partial charge in [-0.05, 0) is 11.5 Å². The maximum absolute atomic E-state index is 10.4. The van der Waals surface area contributed by atoms with Crippen LogP contribution in [0.5, 0.6) is 0 Å². The first-order valence-corrected chi connectivity index (χ1v) is 4.34. The van der Waals surface area contributed by atoms with E-state index in [9.17, 15) is 4.57 Å². The lowest BCUT2D eigenvalue weighted by atomic mass is 10.9. The number of rotatable bonds is 4. The van der Waals surface area contributed by atoms with Crippen molar-refractivity contribution in [1.29, 1.82) is 0 Å². The molecule has 1 unspecified atom stereocenters. The van der Waals surface area contributed by atoms with Crippen molar-refractivity contribution in [3.8, 4) is 0 Å². The Bertz CT molecular complexity index is 76.4. The van der Waals surface area contributed by atoms with E-state index < -0.39 is 8.03 Å². The molecule has 0 aliphatic heterocycles. The third kappa shape index (κ3) is 4.51. The fraction of sp³-hybridized carbons (Fsp3) is 1.00. The van der Waals surface area contributed by atoms with E-state index in [1.165, 1.54) is 0 Å².